The molecule has 2 heterocycles. The maximum absolute atomic E-state index is 6.10. The summed E-state index contributed by atoms with van der Waals surface area (Å²) in [5, 5.41) is 1.10. The quantitative estimate of drug-likeness (QED) is 0.849. The highest BCUT2D eigenvalue weighted by atomic mass is 16.5. The highest BCUT2D eigenvalue weighted by molar-refractivity contribution is 5.98. The molecule has 3 rings (SSSR count). The molecule has 3 N–H and O–H groups in total. The van der Waals surface area contributed by atoms with Gasteiger partial charge in [0.05, 0.1) is 5.52 Å². The van der Waals surface area contributed by atoms with Crippen molar-refractivity contribution in [3.05, 3.63) is 23.4 Å². The van der Waals surface area contributed by atoms with Crippen LogP contribution in [0, 0.1) is 13.8 Å². The van der Waals surface area contributed by atoms with Crippen LogP contribution < -0.4 is 10.5 Å². The molecule has 0 atom stereocenters. The molecule has 0 saturated carbocycles. The second-order valence-corrected chi connectivity index (χ2v) is 6.03. The summed E-state index contributed by atoms with van der Waals surface area (Å²) in [6.07, 6.45) is 4.01. The second kappa shape index (κ2) is 5.98. The molecule has 0 unspecified atom stereocenters. The summed E-state index contributed by atoms with van der Waals surface area (Å²) in [4.78, 5) is 5.90. The van der Waals surface area contributed by atoms with Gasteiger partial charge in [-0.05, 0) is 57.5 Å². The third kappa shape index (κ3) is 2.86. The van der Waals surface area contributed by atoms with E-state index in [4.69, 9.17) is 10.5 Å². The van der Waals surface area contributed by atoms with E-state index in [0.29, 0.717) is 0 Å². The summed E-state index contributed by atoms with van der Waals surface area (Å²) in [5.41, 5.74) is 10.3. The molecule has 1 aliphatic heterocycles. The van der Waals surface area contributed by atoms with E-state index in [9.17, 15) is 0 Å². The molecule has 114 valence electrons. The molecule has 1 aromatic heterocycles. The first-order chi connectivity index (χ1) is 10.2. The SMILES string of the molecule is Cc1[nH]c2c(OCCN3CCCCC3)ccc(N)c2c1C. The fourth-order valence-corrected chi connectivity index (χ4v) is 3.18. The van der Waals surface area contributed by atoms with Gasteiger partial charge in [0.1, 0.15) is 12.4 Å². The minimum absolute atomic E-state index is 0.732. The zero-order chi connectivity index (χ0) is 14.8. The van der Waals surface area contributed by atoms with Gasteiger partial charge in [0.25, 0.3) is 0 Å². The number of fused-ring (bicyclic) bond motifs is 1. The molecule has 0 radical (unpaired) electrons. The molecule has 1 aromatic carbocycles. The maximum Gasteiger partial charge on any atom is 0.143 e. The Morgan fingerprint density at radius 2 is 1.95 bits per heavy atom. The molecule has 2 aromatic rings. The van der Waals surface area contributed by atoms with E-state index in [0.717, 1.165) is 41.2 Å². The monoisotopic (exact) mass is 287 g/mol. The Morgan fingerprint density at radius 3 is 2.71 bits per heavy atom. The van der Waals surface area contributed by atoms with Gasteiger partial charge in [-0.3, -0.25) is 4.90 Å². The van der Waals surface area contributed by atoms with Crippen LogP contribution in [0.25, 0.3) is 10.9 Å². The Kier molecular flexibility index (Phi) is 4.06. The van der Waals surface area contributed by atoms with Crippen LogP contribution in [-0.2, 0) is 0 Å². The van der Waals surface area contributed by atoms with E-state index in [-0.39, 0.29) is 0 Å². The normalized spacial score (nSPS) is 16.5. The lowest BCUT2D eigenvalue weighted by Gasteiger charge is -2.26. The van der Waals surface area contributed by atoms with Gasteiger partial charge < -0.3 is 15.5 Å². The maximum atomic E-state index is 6.10. The largest absolute Gasteiger partial charge is 0.490 e. The molecule has 1 saturated heterocycles. The number of hydrogen-bond acceptors (Lipinski definition) is 3. The highest BCUT2D eigenvalue weighted by Crippen LogP contribution is 2.33. The first-order valence-corrected chi connectivity index (χ1v) is 7.89. The van der Waals surface area contributed by atoms with Crippen LogP contribution in [-0.4, -0.2) is 36.1 Å². The van der Waals surface area contributed by atoms with Gasteiger partial charge in [-0.1, -0.05) is 6.42 Å². The number of nitrogens with zero attached hydrogens (tertiary/aromatic N) is 1. The first kappa shape index (κ1) is 14.3. The van der Waals surface area contributed by atoms with Crippen molar-refractivity contribution in [3.63, 3.8) is 0 Å². The van der Waals surface area contributed by atoms with Crippen molar-refractivity contribution in [2.45, 2.75) is 33.1 Å². The van der Waals surface area contributed by atoms with Gasteiger partial charge in [0.15, 0.2) is 0 Å². The van der Waals surface area contributed by atoms with Gasteiger partial charge in [-0.25, -0.2) is 0 Å². The molecular weight excluding hydrogens is 262 g/mol. The predicted molar refractivity (Wildman–Crippen MR) is 88.0 cm³/mol. The topological polar surface area (TPSA) is 54.3 Å². The molecule has 0 bridgehead atoms. The third-order valence-corrected chi connectivity index (χ3v) is 4.56. The summed E-state index contributed by atoms with van der Waals surface area (Å²) in [5.74, 6) is 0.910. The predicted octanol–water partition coefficient (Wildman–Crippen LogP) is 3.23. The van der Waals surface area contributed by atoms with Crippen molar-refractivity contribution in [3.8, 4) is 5.75 Å². The lowest BCUT2D eigenvalue weighted by molar-refractivity contribution is 0.184. The van der Waals surface area contributed by atoms with Gasteiger partial charge in [-0.15, -0.1) is 0 Å². The van der Waals surface area contributed by atoms with E-state index >= 15 is 0 Å². The molecule has 1 aliphatic rings. The van der Waals surface area contributed by atoms with Gasteiger partial charge >= 0.3 is 0 Å². The van der Waals surface area contributed by atoms with Crippen molar-refractivity contribution < 1.29 is 4.74 Å². The highest BCUT2D eigenvalue weighted by Gasteiger charge is 2.13. The fraction of sp³-hybridized carbons (Fsp3) is 0.529. The molecular formula is C17H25N3O. The fourth-order valence-electron chi connectivity index (χ4n) is 3.18. The van der Waals surface area contributed by atoms with E-state index in [1.54, 1.807) is 0 Å². The van der Waals surface area contributed by atoms with Crippen LogP contribution in [0.1, 0.15) is 30.5 Å². The average Bonchev–Trinajstić information content (AvgIpc) is 2.79. The molecule has 4 nitrogen and oxygen atoms in total. The van der Waals surface area contributed by atoms with Crippen LogP contribution in [0.2, 0.25) is 0 Å². The van der Waals surface area contributed by atoms with Crippen molar-refractivity contribution in [2.24, 2.45) is 0 Å². The van der Waals surface area contributed by atoms with Crippen LogP contribution >= 0.6 is 0 Å². The Labute approximate surface area is 126 Å². The zero-order valence-electron chi connectivity index (χ0n) is 13.0. The standard InChI is InChI=1S/C17H25N3O/c1-12-13(2)19-17-15(7-6-14(18)16(12)17)21-11-10-20-8-4-3-5-9-20/h6-7,19H,3-5,8-11,18H2,1-2H3. The first-order valence-electron chi connectivity index (χ1n) is 7.89. The van der Waals surface area contributed by atoms with Crippen molar-refractivity contribution in [2.75, 3.05) is 32.0 Å². The zero-order valence-corrected chi connectivity index (χ0v) is 13.0. The average molecular weight is 287 g/mol. The molecule has 0 amide bonds. The summed E-state index contributed by atoms with van der Waals surface area (Å²) in [7, 11) is 0. The summed E-state index contributed by atoms with van der Waals surface area (Å²) in [6.45, 7) is 8.33. The summed E-state index contributed by atoms with van der Waals surface area (Å²) < 4.78 is 6.02. The van der Waals surface area contributed by atoms with E-state index in [1.165, 1.54) is 37.9 Å². The van der Waals surface area contributed by atoms with Gasteiger partial charge in [0, 0.05) is 23.3 Å². The number of hydrogen-bond donors (Lipinski definition) is 2. The van der Waals surface area contributed by atoms with E-state index < -0.39 is 0 Å². The van der Waals surface area contributed by atoms with Crippen LogP contribution in [0.3, 0.4) is 0 Å². The summed E-state index contributed by atoms with van der Waals surface area (Å²) >= 11 is 0. The summed E-state index contributed by atoms with van der Waals surface area (Å²) in [6, 6.07) is 3.92. The molecule has 0 spiro atoms. The number of aromatic amines is 1. The number of likely N-dealkylation sites (tertiary alicyclic amines) is 1. The Balaban J connectivity index is 1.72. The Bertz CT molecular complexity index is 626. The molecule has 1 fully saturated rings. The lowest BCUT2D eigenvalue weighted by atomic mass is 10.1. The van der Waals surface area contributed by atoms with Crippen LogP contribution in [0.4, 0.5) is 5.69 Å². The number of aryl methyl sites for hydroxylation is 2. The van der Waals surface area contributed by atoms with Crippen LogP contribution in [0.15, 0.2) is 12.1 Å². The third-order valence-electron chi connectivity index (χ3n) is 4.56. The number of aromatic nitrogens is 1. The number of anilines is 1. The van der Waals surface area contributed by atoms with Crippen LogP contribution in [0.5, 0.6) is 5.75 Å². The van der Waals surface area contributed by atoms with Gasteiger partial charge in [0.2, 0.25) is 0 Å². The molecule has 21 heavy (non-hydrogen) atoms. The number of rotatable bonds is 4. The molecule has 4 heteroatoms. The lowest BCUT2D eigenvalue weighted by Crippen LogP contribution is -2.33. The number of benzene rings is 1. The van der Waals surface area contributed by atoms with E-state index in [1.807, 2.05) is 12.1 Å². The smallest absolute Gasteiger partial charge is 0.143 e. The van der Waals surface area contributed by atoms with E-state index in [2.05, 4.69) is 23.7 Å². The minimum Gasteiger partial charge on any atom is -0.490 e. The Morgan fingerprint density at radius 1 is 1.19 bits per heavy atom. The number of H-pyrrole nitrogens is 1. The number of nitrogen functional groups attached to an aromatic ring is 1. The van der Waals surface area contributed by atoms with Gasteiger partial charge in [-0.2, -0.15) is 0 Å². The minimum atomic E-state index is 0.732. The van der Waals surface area contributed by atoms with Crippen molar-refractivity contribution in [1.82, 2.24) is 9.88 Å². The Hall–Kier alpha value is -1.68. The number of ether oxygens (including phenoxy) is 1. The molecule has 0 aliphatic carbocycles. The number of nitrogens with one attached hydrogen (secondary N) is 1. The number of nitrogens with two attached hydrogens (primary N) is 1. The van der Waals surface area contributed by atoms with Crippen molar-refractivity contribution in [1.29, 1.82) is 0 Å². The van der Waals surface area contributed by atoms with Crippen molar-refractivity contribution >= 4 is 16.6 Å². The number of piperidine rings is 1. The second-order valence-electron chi connectivity index (χ2n) is 6.03.